The molecule has 2 spiro atoms. The van der Waals surface area contributed by atoms with Gasteiger partial charge in [-0.15, -0.1) is 0 Å². The molecule has 2 fully saturated rings. The van der Waals surface area contributed by atoms with Crippen LogP contribution in [0.25, 0.3) is 0 Å². The zero-order valence-electron chi connectivity index (χ0n) is 17.3. The smallest absolute Gasteiger partial charge is 0.414 e. The number of carbonyl (C=O) groups is 3. The molecule has 0 unspecified atom stereocenters. The fraction of sp³-hybridized carbons (Fsp3) is 0.522. The van der Waals surface area contributed by atoms with Crippen LogP contribution in [-0.4, -0.2) is 55.7 Å². The molecule has 0 saturated carbocycles. The summed E-state index contributed by atoms with van der Waals surface area (Å²) in [7, 11) is 2.69. The maximum atomic E-state index is 14.1. The molecule has 0 aromatic heterocycles. The van der Waals surface area contributed by atoms with Gasteiger partial charge >= 0.3 is 12.1 Å². The molecule has 1 aromatic carbocycles. The van der Waals surface area contributed by atoms with Gasteiger partial charge in [0.2, 0.25) is 5.91 Å². The van der Waals surface area contributed by atoms with E-state index in [1.165, 1.54) is 14.2 Å². The van der Waals surface area contributed by atoms with E-state index in [1.807, 2.05) is 35.2 Å². The molecule has 4 bridgehead atoms. The number of rotatable bonds is 1. The summed E-state index contributed by atoms with van der Waals surface area (Å²) in [5, 5.41) is 0. The monoisotopic (exact) mass is 410 g/mol. The minimum absolute atomic E-state index is 0.00324. The number of fused-ring (bicyclic) bond motifs is 4. The Morgan fingerprint density at radius 2 is 1.87 bits per heavy atom. The molecular formula is C23H26N2O5. The highest BCUT2D eigenvalue weighted by Crippen LogP contribution is 2.63. The van der Waals surface area contributed by atoms with E-state index in [2.05, 4.69) is 0 Å². The molecule has 1 aliphatic carbocycles. The summed E-state index contributed by atoms with van der Waals surface area (Å²) in [6.45, 7) is 1.32. The minimum Gasteiger partial charge on any atom is -0.466 e. The van der Waals surface area contributed by atoms with Gasteiger partial charge in [0.1, 0.15) is 11.0 Å². The first-order valence-corrected chi connectivity index (χ1v) is 10.6. The lowest BCUT2D eigenvalue weighted by molar-refractivity contribution is -0.139. The van der Waals surface area contributed by atoms with Crippen LogP contribution in [0.15, 0.2) is 35.9 Å². The van der Waals surface area contributed by atoms with Crippen molar-refractivity contribution in [3.8, 4) is 0 Å². The number of ether oxygens (including phenoxy) is 2. The number of hydrogen-bond acceptors (Lipinski definition) is 5. The van der Waals surface area contributed by atoms with Crippen LogP contribution in [0.3, 0.4) is 0 Å². The van der Waals surface area contributed by atoms with Crippen molar-refractivity contribution in [1.82, 2.24) is 4.90 Å². The van der Waals surface area contributed by atoms with Crippen molar-refractivity contribution >= 4 is 23.7 Å². The molecule has 158 valence electrons. The summed E-state index contributed by atoms with van der Waals surface area (Å²) in [4.78, 5) is 43.9. The van der Waals surface area contributed by atoms with Gasteiger partial charge in [0.05, 0.1) is 25.5 Å². The highest BCUT2D eigenvalue weighted by molar-refractivity contribution is 6.09. The number of anilines is 1. The zero-order chi connectivity index (χ0) is 21.1. The predicted molar refractivity (Wildman–Crippen MR) is 109 cm³/mol. The quantitative estimate of drug-likeness (QED) is 0.666. The van der Waals surface area contributed by atoms with E-state index < -0.39 is 23.0 Å². The number of para-hydroxylation sites is 1. The summed E-state index contributed by atoms with van der Waals surface area (Å²) < 4.78 is 10.4. The molecule has 0 radical (unpaired) electrons. The number of allylic oxidation sites excluding steroid dienone is 1. The Balaban J connectivity index is 1.89. The van der Waals surface area contributed by atoms with E-state index in [4.69, 9.17) is 9.47 Å². The van der Waals surface area contributed by atoms with Crippen molar-refractivity contribution in [3.05, 3.63) is 41.5 Å². The fourth-order valence-electron chi connectivity index (χ4n) is 6.40. The zero-order valence-corrected chi connectivity index (χ0v) is 17.3. The van der Waals surface area contributed by atoms with E-state index in [1.54, 1.807) is 4.90 Å². The first kappa shape index (κ1) is 19.2. The van der Waals surface area contributed by atoms with Gasteiger partial charge in [0.15, 0.2) is 0 Å². The lowest BCUT2D eigenvalue weighted by Crippen LogP contribution is -2.66. The van der Waals surface area contributed by atoms with E-state index in [0.717, 1.165) is 24.8 Å². The van der Waals surface area contributed by atoms with Crippen LogP contribution in [0.4, 0.5) is 10.5 Å². The largest absolute Gasteiger partial charge is 0.466 e. The van der Waals surface area contributed by atoms with E-state index in [-0.39, 0.29) is 11.8 Å². The van der Waals surface area contributed by atoms with Crippen LogP contribution in [0, 0.1) is 5.92 Å². The Labute approximate surface area is 175 Å². The van der Waals surface area contributed by atoms with Crippen molar-refractivity contribution in [2.24, 2.45) is 5.92 Å². The molecule has 0 N–H and O–H groups in total. The van der Waals surface area contributed by atoms with Gasteiger partial charge in [0.25, 0.3) is 0 Å². The maximum absolute atomic E-state index is 14.1. The molecule has 30 heavy (non-hydrogen) atoms. The minimum atomic E-state index is -1.14. The van der Waals surface area contributed by atoms with Gasteiger partial charge in [-0.3, -0.25) is 9.69 Å². The van der Waals surface area contributed by atoms with E-state index >= 15 is 0 Å². The second-order valence-corrected chi connectivity index (χ2v) is 8.64. The third-order valence-corrected chi connectivity index (χ3v) is 7.59. The van der Waals surface area contributed by atoms with Gasteiger partial charge < -0.3 is 14.4 Å². The van der Waals surface area contributed by atoms with Crippen LogP contribution < -0.4 is 4.90 Å². The third kappa shape index (κ3) is 2.13. The second-order valence-electron chi connectivity index (χ2n) is 8.64. The summed E-state index contributed by atoms with van der Waals surface area (Å²) in [5.74, 6) is -0.261. The number of carbonyl (C=O) groups excluding carboxylic acids is 3. The Morgan fingerprint density at radius 3 is 2.63 bits per heavy atom. The van der Waals surface area contributed by atoms with Gasteiger partial charge in [-0.1, -0.05) is 24.3 Å². The molecule has 2 amide bonds. The highest BCUT2D eigenvalue weighted by Gasteiger charge is 2.73. The van der Waals surface area contributed by atoms with Crippen molar-refractivity contribution in [2.45, 2.75) is 43.1 Å². The summed E-state index contributed by atoms with van der Waals surface area (Å²) in [6, 6.07) is 7.52. The number of hydrogen-bond donors (Lipinski definition) is 0. The topological polar surface area (TPSA) is 76.2 Å². The molecule has 7 heteroatoms. The van der Waals surface area contributed by atoms with E-state index in [9.17, 15) is 14.4 Å². The van der Waals surface area contributed by atoms with Crippen molar-refractivity contribution in [2.75, 3.05) is 32.2 Å². The molecule has 4 heterocycles. The van der Waals surface area contributed by atoms with Crippen molar-refractivity contribution < 1.29 is 23.9 Å². The summed E-state index contributed by atoms with van der Waals surface area (Å²) >= 11 is 0. The average Bonchev–Trinajstić information content (AvgIpc) is 3.21. The molecule has 4 aliphatic heterocycles. The van der Waals surface area contributed by atoms with Crippen LogP contribution >= 0.6 is 0 Å². The van der Waals surface area contributed by atoms with Gasteiger partial charge in [-0.25, -0.2) is 9.59 Å². The number of benzene rings is 1. The van der Waals surface area contributed by atoms with Gasteiger partial charge in [0, 0.05) is 13.1 Å². The molecule has 7 nitrogen and oxygen atoms in total. The molecule has 1 aromatic rings. The van der Waals surface area contributed by atoms with Crippen LogP contribution in [-0.2, 0) is 24.5 Å². The Bertz CT molecular complexity index is 972. The molecule has 2 saturated heterocycles. The Morgan fingerprint density at radius 1 is 1.07 bits per heavy atom. The summed E-state index contributed by atoms with van der Waals surface area (Å²) in [6.07, 6.45) is 5.08. The third-order valence-electron chi connectivity index (χ3n) is 7.59. The number of amides is 2. The lowest BCUT2D eigenvalue weighted by Gasteiger charge is -2.50. The SMILES string of the molecule is COC(=O)C1=C[C@@H]2CCCN3CC[C@]4(C3=O)c3ccccc3N(C(=O)OC)[C@]14CC2. The molecule has 5 aliphatic rings. The van der Waals surface area contributed by atoms with E-state index in [0.29, 0.717) is 37.2 Å². The summed E-state index contributed by atoms with van der Waals surface area (Å²) in [5.41, 5.74) is -0.292. The van der Waals surface area contributed by atoms with Crippen molar-refractivity contribution in [3.63, 3.8) is 0 Å². The Hall–Kier alpha value is -2.83. The molecule has 6 rings (SSSR count). The standard InChI is InChI=1S/C23H26N2O5/c1-29-19(26)17-14-15-6-5-12-24-13-11-22(20(24)27)16-7-3-4-8-18(16)25(21(28)30-2)23(17,22)10-9-15/h3-4,7-8,14-15H,5-6,9-13H2,1-2H3/t15-,22-,23-/m1/s1. The van der Waals surface area contributed by atoms with Crippen LogP contribution in [0.5, 0.6) is 0 Å². The van der Waals surface area contributed by atoms with Gasteiger partial charge in [-0.2, -0.15) is 0 Å². The van der Waals surface area contributed by atoms with Crippen LogP contribution in [0.1, 0.15) is 37.7 Å². The highest BCUT2D eigenvalue weighted by atomic mass is 16.5. The molecular weight excluding hydrogens is 384 g/mol. The van der Waals surface area contributed by atoms with Crippen LogP contribution in [0.2, 0.25) is 0 Å². The average molecular weight is 410 g/mol. The van der Waals surface area contributed by atoms with Gasteiger partial charge in [-0.05, 0) is 49.7 Å². The maximum Gasteiger partial charge on any atom is 0.414 e. The lowest BCUT2D eigenvalue weighted by atomic mass is 9.58. The van der Waals surface area contributed by atoms with Crippen molar-refractivity contribution in [1.29, 1.82) is 0 Å². The normalized spacial score (nSPS) is 31.7. The first-order chi connectivity index (χ1) is 14.5. The second kappa shape index (κ2) is 6.59. The first-order valence-electron chi connectivity index (χ1n) is 10.6. The molecule has 3 atom stereocenters. The predicted octanol–water partition coefficient (Wildman–Crippen LogP) is 2.79. The number of esters is 1. The number of methoxy groups -OCH3 is 2. The Kier molecular flexibility index (Phi) is 4.21. The fourth-order valence-corrected chi connectivity index (χ4v) is 6.40. The number of nitrogens with zero attached hydrogens (tertiary/aromatic N) is 2.